The molecule has 0 fully saturated rings. The number of hydrogen-bond acceptors (Lipinski definition) is 3. The molecule has 2 N–H and O–H groups in total. The molecule has 0 radical (unpaired) electrons. The van der Waals surface area contributed by atoms with Crippen LogP contribution in [0.4, 0.5) is 10.5 Å². The van der Waals surface area contributed by atoms with Crippen LogP contribution in [0.25, 0.3) is 0 Å². The summed E-state index contributed by atoms with van der Waals surface area (Å²) in [5.41, 5.74) is 0.711. The van der Waals surface area contributed by atoms with Gasteiger partial charge in [-0.2, -0.15) is 5.26 Å². The Balaban J connectivity index is 2.87. The third-order valence-electron chi connectivity index (χ3n) is 1.02. The summed E-state index contributed by atoms with van der Waals surface area (Å²) in [5.74, 6) is 0. The number of thiophene rings is 1. The van der Waals surface area contributed by atoms with Crippen LogP contribution in [0.5, 0.6) is 0 Å². The van der Waals surface area contributed by atoms with Crippen molar-refractivity contribution in [2.24, 2.45) is 0 Å². The SMILES string of the molecule is N#Cc1cscc1NC(=O)O. The Morgan fingerprint density at radius 3 is 3.00 bits per heavy atom. The van der Waals surface area contributed by atoms with Gasteiger partial charge in [-0.1, -0.05) is 0 Å². The lowest BCUT2D eigenvalue weighted by Gasteiger charge is -1.94. The highest BCUT2D eigenvalue weighted by molar-refractivity contribution is 7.08. The van der Waals surface area contributed by atoms with Gasteiger partial charge in [0.1, 0.15) is 6.07 Å². The van der Waals surface area contributed by atoms with Crippen molar-refractivity contribution in [2.75, 3.05) is 5.32 Å². The summed E-state index contributed by atoms with van der Waals surface area (Å²) in [6.07, 6.45) is -1.15. The molecule has 1 aromatic rings. The molecule has 0 saturated carbocycles. The van der Waals surface area contributed by atoms with E-state index in [1.807, 2.05) is 6.07 Å². The van der Waals surface area contributed by atoms with E-state index in [-0.39, 0.29) is 0 Å². The summed E-state index contributed by atoms with van der Waals surface area (Å²) in [4.78, 5) is 10.1. The quantitative estimate of drug-likeness (QED) is 0.670. The molecule has 0 unspecified atom stereocenters. The Morgan fingerprint density at radius 2 is 2.45 bits per heavy atom. The van der Waals surface area contributed by atoms with Crippen molar-refractivity contribution >= 4 is 23.1 Å². The number of carbonyl (C=O) groups is 1. The van der Waals surface area contributed by atoms with E-state index in [4.69, 9.17) is 10.4 Å². The van der Waals surface area contributed by atoms with Gasteiger partial charge in [0.15, 0.2) is 0 Å². The van der Waals surface area contributed by atoms with Gasteiger partial charge in [0.05, 0.1) is 11.3 Å². The molecular weight excluding hydrogens is 164 g/mol. The average Bonchev–Trinajstić information content (AvgIpc) is 2.34. The molecule has 0 aliphatic carbocycles. The van der Waals surface area contributed by atoms with Crippen LogP contribution in [0.1, 0.15) is 5.56 Å². The molecule has 0 atom stereocenters. The number of anilines is 1. The number of carboxylic acid groups (broad SMARTS) is 1. The minimum absolute atomic E-state index is 0.352. The minimum Gasteiger partial charge on any atom is -0.465 e. The first-order valence-electron chi connectivity index (χ1n) is 2.70. The standard InChI is InChI=1S/C6H4N2O2S/c7-1-4-2-11-3-5(4)8-6(9)10/h2-3,8H,(H,9,10). The highest BCUT2D eigenvalue weighted by atomic mass is 32.1. The van der Waals surface area contributed by atoms with E-state index in [2.05, 4.69) is 5.32 Å². The fraction of sp³-hybridized carbons (Fsp3) is 0. The summed E-state index contributed by atoms with van der Waals surface area (Å²) in [6, 6.07) is 1.87. The lowest BCUT2D eigenvalue weighted by atomic mass is 10.3. The average molecular weight is 168 g/mol. The second kappa shape index (κ2) is 3.03. The van der Waals surface area contributed by atoms with E-state index in [1.54, 1.807) is 10.8 Å². The molecule has 1 heterocycles. The first-order chi connectivity index (χ1) is 5.24. The molecule has 0 bridgehead atoms. The number of amides is 1. The van der Waals surface area contributed by atoms with Crippen LogP contribution in [0, 0.1) is 11.3 Å². The van der Waals surface area contributed by atoms with Crippen molar-refractivity contribution < 1.29 is 9.90 Å². The summed E-state index contributed by atoms with van der Waals surface area (Å²) in [5, 5.41) is 22.0. The van der Waals surface area contributed by atoms with Crippen molar-refractivity contribution in [2.45, 2.75) is 0 Å². The number of rotatable bonds is 1. The van der Waals surface area contributed by atoms with Crippen molar-refractivity contribution in [1.82, 2.24) is 0 Å². The Morgan fingerprint density at radius 1 is 1.73 bits per heavy atom. The Kier molecular flexibility index (Phi) is 2.09. The van der Waals surface area contributed by atoms with E-state index in [0.717, 1.165) is 0 Å². The van der Waals surface area contributed by atoms with Gasteiger partial charge in [-0.25, -0.2) is 4.79 Å². The van der Waals surface area contributed by atoms with E-state index < -0.39 is 6.09 Å². The molecule has 1 rings (SSSR count). The monoisotopic (exact) mass is 168 g/mol. The van der Waals surface area contributed by atoms with E-state index in [9.17, 15) is 4.79 Å². The molecule has 11 heavy (non-hydrogen) atoms. The van der Waals surface area contributed by atoms with Gasteiger partial charge in [0.2, 0.25) is 0 Å². The van der Waals surface area contributed by atoms with E-state index in [0.29, 0.717) is 11.3 Å². The molecule has 5 heteroatoms. The molecule has 0 aliphatic heterocycles. The molecular formula is C6H4N2O2S. The number of nitrogens with one attached hydrogen (secondary N) is 1. The molecule has 0 aliphatic rings. The van der Waals surface area contributed by atoms with Crippen molar-refractivity contribution in [3.05, 3.63) is 16.3 Å². The smallest absolute Gasteiger partial charge is 0.409 e. The second-order valence-electron chi connectivity index (χ2n) is 1.74. The lowest BCUT2D eigenvalue weighted by Crippen LogP contribution is -2.07. The fourth-order valence-electron chi connectivity index (χ4n) is 0.596. The molecule has 1 amide bonds. The fourth-order valence-corrected chi connectivity index (χ4v) is 1.30. The maximum absolute atomic E-state index is 10.1. The Labute approximate surface area is 66.7 Å². The third-order valence-corrected chi connectivity index (χ3v) is 1.77. The zero-order valence-corrected chi connectivity index (χ0v) is 6.18. The van der Waals surface area contributed by atoms with Crippen molar-refractivity contribution in [3.63, 3.8) is 0 Å². The maximum atomic E-state index is 10.1. The molecule has 0 saturated heterocycles. The van der Waals surface area contributed by atoms with Crippen LogP contribution in [0.15, 0.2) is 10.8 Å². The number of nitriles is 1. The number of nitrogens with zero attached hydrogens (tertiary/aromatic N) is 1. The first-order valence-corrected chi connectivity index (χ1v) is 3.64. The van der Waals surface area contributed by atoms with Gasteiger partial charge in [-0.05, 0) is 0 Å². The van der Waals surface area contributed by atoms with Gasteiger partial charge >= 0.3 is 6.09 Å². The Hall–Kier alpha value is -1.54. The zero-order chi connectivity index (χ0) is 8.27. The van der Waals surface area contributed by atoms with E-state index >= 15 is 0 Å². The zero-order valence-electron chi connectivity index (χ0n) is 5.37. The van der Waals surface area contributed by atoms with Crippen LogP contribution in [-0.4, -0.2) is 11.2 Å². The van der Waals surface area contributed by atoms with Gasteiger partial charge in [0.25, 0.3) is 0 Å². The van der Waals surface area contributed by atoms with Crippen LogP contribution in [-0.2, 0) is 0 Å². The summed E-state index contributed by atoms with van der Waals surface area (Å²) < 4.78 is 0. The van der Waals surface area contributed by atoms with E-state index in [1.165, 1.54) is 11.3 Å². The van der Waals surface area contributed by atoms with Gasteiger partial charge in [0, 0.05) is 10.8 Å². The molecule has 0 aromatic carbocycles. The van der Waals surface area contributed by atoms with Crippen LogP contribution >= 0.6 is 11.3 Å². The van der Waals surface area contributed by atoms with Gasteiger partial charge < -0.3 is 5.11 Å². The molecule has 56 valence electrons. The lowest BCUT2D eigenvalue weighted by molar-refractivity contribution is 0.210. The summed E-state index contributed by atoms with van der Waals surface area (Å²) in [6.45, 7) is 0. The maximum Gasteiger partial charge on any atom is 0.409 e. The Bertz CT molecular complexity index is 313. The predicted molar refractivity (Wildman–Crippen MR) is 40.7 cm³/mol. The van der Waals surface area contributed by atoms with Crippen LogP contribution in [0.2, 0.25) is 0 Å². The molecule has 0 spiro atoms. The van der Waals surface area contributed by atoms with Crippen molar-refractivity contribution in [3.8, 4) is 6.07 Å². The highest BCUT2D eigenvalue weighted by Gasteiger charge is 2.04. The van der Waals surface area contributed by atoms with Gasteiger partial charge in [-0.15, -0.1) is 11.3 Å². The predicted octanol–water partition coefficient (Wildman–Crippen LogP) is 1.71. The van der Waals surface area contributed by atoms with Crippen LogP contribution < -0.4 is 5.32 Å². The van der Waals surface area contributed by atoms with Crippen molar-refractivity contribution in [1.29, 1.82) is 5.26 Å². The summed E-state index contributed by atoms with van der Waals surface area (Å²) in [7, 11) is 0. The molecule has 4 nitrogen and oxygen atoms in total. The minimum atomic E-state index is -1.15. The summed E-state index contributed by atoms with van der Waals surface area (Å²) >= 11 is 1.28. The van der Waals surface area contributed by atoms with Gasteiger partial charge in [-0.3, -0.25) is 5.32 Å². The number of hydrogen-bond donors (Lipinski definition) is 2. The third kappa shape index (κ3) is 1.69. The highest BCUT2D eigenvalue weighted by Crippen LogP contribution is 2.19. The van der Waals surface area contributed by atoms with Crippen LogP contribution in [0.3, 0.4) is 0 Å². The second-order valence-corrected chi connectivity index (χ2v) is 2.48. The normalized spacial score (nSPS) is 8.64. The largest absolute Gasteiger partial charge is 0.465 e. The first kappa shape index (κ1) is 7.57. The topological polar surface area (TPSA) is 73.1 Å². The molecule has 1 aromatic heterocycles.